The summed E-state index contributed by atoms with van der Waals surface area (Å²) in [6.45, 7) is 0. The normalized spacial score (nSPS) is 17.3. The highest BCUT2D eigenvalue weighted by Gasteiger charge is 2.15. The summed E-state index contributed by atoms with van der Waals surface area (Å²) in [6, 6.07) is 4.14. The average molecular weight is 356 g/mol. The Morgan fingerprint density at radius 1 is 1.30 bits per heavy atom. The minimum atomic E-state index is 0.172. The Hall–Kier alpha value is -1.000. The van der Waals surface area contributed by atoms with Gasteiger partial charge in [0.2, 0.25) is 0 Å². The molecule has 0 spiro atoms. The minimum absolute atomic E-state index is 0.172. The summed E-state index contributed by atoms with van der Waals surface area (Å²) in [5, 5.41) is 11.5. The van der Waals surface area contributed by atoms with E-state index in [1.807, 2.05) is 12.1 Å². The predicted octanol–water partition coefficient (Wildman–Crippen LogP) is 5.04. The molecule has 1 saturated carbocycles. The number of benzene rings is 1. The van der Waals surface area contributed by atoms with Crippen molar-refractivity contribution < 1.29 is 5.11 Å². The fourth-order valence-corrected chi connectivity index (χ4v) is 3.31. The van der Waals surface area contributed by atoms with Crippen LogP contribution in [0, 0.1) is 0 Å². The van der Waals surface area contributed by atoms with Crippen LogP contribution in [0.3, 0.4) is 0 Å². The van der Waals surface area contributed by atoms with Crippen LogP contribution in [-0.2, 0) is 0 Å². The molecule has 0 bridgehead atoms. The monoisotopic (exact) mass is 354 g/mol. The highest BCUT2D eigenvalue weighted by atomic mass is 79.9. The van der Waals surface area contributed by atoms with Crippen molar-refractivity contribution in [2.75, 3.05) is 0 Å². The number of aromatic hydroxyl groups is 1. The molecule has 0 aliphatic heterocycles. The summed E-state index contributed by atoms with van der Waals surface area (Å²) in [4.78, 5) is 7.76. The third-order valence-corrected chi connectivity index (χ3v) is 5.13. The molecule has 0 saturated heterocycles. The van der Waals surface area contributed by atoms with Gasteiger partial charge in [0.05, 0.1) is 27.7 Å². The first-order valence-electron chi connectivity index (χ1n) is 6.88. The van der Waals surface area contributed by atoms with Gasteiger partial charge >= 0.3 is 0 Å². The summed E-state index contributed by atoms with van der Waals surface area (Å²) in [5.41, 5.74) is 1.45. The molecule has 1 heterocycles. The van der Waals surface area contributed by atoms with E-state index in [9.17, 15) is 5.11 Å². The molecule has 3 nitrogen and oxygen atoms in total. The number of hydrogen-bond acceptors (Lipinski definition) is 2. The Kier molecular flexibility index (Phi) is 4.03. The quantitative estimate of drug-likeness (QED) is 0.728. The van der Waals surface area contributed by atoms with Gasteiger partial charge in [0.15, 0.2) is 5.75 Å². The molecule has 20 heavy (non-hydrogen) atoms. The van der Waals surface area contributed by atoms with E-state index in [1.54, 1.807) is 6.21 Å². The van der Waals surface area contributed by atoms with Crippen LogP contribution in [0.1, 0.15) is 37.8 Å². The van der Waals surface area contributed by atoms with Crippen LogP contribution in [0.25, 0.3) is 10.9 Å². The maximum Gasteiger partial charge on any atom is 0.151 e. The van der Waals surface area contributed by atoms with Gasteiger partial charge in [-0.05, 0) is 40.9 Å². The van der Waals surface area contributed by atoms with Crippen LogP contribution in [0.5, 0.6) is 5.75 Å². The second-order valence-electron chi connectivity index (χ2n) is 5.24. The van der Waals surface area contributed by atoms with Crippen molar-refractivity contribution in [3.63, 3.8) is 0 Å². The number of rotatable bonds is 2. The van der Waals surface area contributed by atoms with Crippen molar-refractivity contribution in [3.05, 3.63) is 27.3 Å². The molecule has 1 aromatic carbocycles. The molecule has 1 aliphatic rings. The van der Waals surface area contributed by atoms with Crippen molar-refractivity contribution in [1.82, 2.24) is 4.98 Å². The summed E-state index contributed by atoms with van der Waals surface area (Å²) < 4.78 is 0.775. The number of nitrogens with zero attached hydrogens (tertiary/aromatic N) is 1. The number of halogens is 2. The molecule has 1 aliphatic carbocycles. The molecule has 0 radical (unpaired) electrons. The van der Waals surface area contributed by atoms with Gasteiger partial charge in [0.25, 0.3) is 0 Å². The Morgan fingerprint density at radius 2 is 2.05 bits per heavy atom. The first-order valence-corrected chi connectivity index (χ1v) is 8.05. The van der Waals surface area contributed by atoms with Gasteiger partial charge in [-0.2, -0.15) is 0 Å². The molecule has 1 fully saturated rings. The molecule has 5 heteroatoms. The van der Waals surface area contributed by atoms with Crippen molar-refractivity contribution in [3.8, 4) is 5.75 Å². The third kappa shape index (κ3) is 2.59. The Labute approximate surface area is 131 Å². The standard InChI is InChI=1S/C15H16BrClN2O/c16-10-6-7-11-13(14(10)17)15(20)12(19-11)8-18-9-4-2-1-3-5-9/h6-9,19-20H,1-5H2. The van der Waals surface area contributed by atoms with Crippen molar-refractivity contribution in [2.45, 2.75) is 38.1 Å². The van der Waals surface area contributed by atoms with Gasteiger partial charge in [-0.3, -0.25) is 4.99 Å². The maximum absolute atomic E-state index is 10.3. The summed E-state index contributed by atoms with van der Waals surface area (Å²) in [6.07, 6.45) is 7.84. The lowest BCUT2D eigenvalue weighted by Crippen LogP contribution is -2.09. The van der Waals surface area contributed by atoms with E-state index in [4.69, 9.17) is 11.6 Å². The van der Waals surface area contributed by atoms with Crippen molar-refractivity contribution >= 4 is 44.6 Å². The Morgan fingerprint density at radius 3 is 2.80 bits per heavy atom. The summed E-state index contributed by atoms with van der Waals surface area (Å²) in [7, 11) is 0. The van der Waals surface area contributed by atoms with E-state index >= 15 is 0 Å². The topological polar surface area (TPSA) is 48.4 Å². The molecule has 0 unspecified atom stereocenters. The van der Waals surface area contributed by atoms with Gasteiger partial charge < -0.3 is 10.1 Å². The molecule has 0 atom stereocenters. The smallest absolute Gasteiger partial charge is 0.151 e. The lowest BCUT2D eigenvalue weighted by molar-refractivity contribution is 0.444. The first-order chi connectivity index (χ1) is 9.66. The van der Waals surface area contributed by atoms with Crippen LogP contribution < -0.4 is 0 Å². The zero-order chi connectivity index (χ0) is 14.1. The van der Waals surface area contributed by atoms with Crippen molar-refractivity contribution in [2.24, 2.45) is 4.99 Å². The van der Waals surface area contributed by atoms with Crippen molar-refractivity contribution in [1.29, 1.82) is 0 Å². The van der Waals surface area contributed by atoms with E-state index in [0.29, 0.717) is 22.1 Å². The third-order valence-electron chi connectivity index (χ3n) is 3.85. The lowest BCUT2D eigenvalue weighted by atomic mass is 9.96. The summed E-state index contributed by atoms with van der Waals surface area (Å²) >= 11 is 9.59. The van der Waals surface area contributed by atoms with Gasteiger partial charge in [-0.15, -0.1) is 0 Å². The molecule has 106 valence electrons. The van der Waals surface area contributed by atoms with Crippen LogP contribution >= 0.6 is 27.5 Å². The SMILES string of the molecule is Oc1c(C=NC2CCCCC2)[nH]c2ccc(Br)c(Cl)c12. The van der Waals surface area contributed by atoms with E-state index in [0.717, 1.165) is 22.8 Å². The number of fused-ring (bicyclic) bond motifs is 1. The zero-order valence-corrected chi connectivity index (χ0v) is 13.3. The Balaban J connectivity index is 1.94. The van der Waals surface area contributed by atoms with E-state index in [1.165, 1.54) is 19.3 Å². The Bertz CT molecular complexity index is 659. The molecule has 3 rings (SSSR count). The van der Waals surface area contributed by atoms with Crippen LogP contribution in [-0.4, -0.2) is 22.3 Å². The number of H-pyrrole nitrogens is 1. The highest BCUT2D eigenvalue weighted by Crippen LogP contribution is 2.38. The number of aromatic amines is 1. The number of aliphatic imine (C=N–C) groups is 1. The van der Waals surface area contributed by atoms with Crippen LogP contribution in [0.15, 0.2) is 21.6 Å². The number of aromatic nitrogens is 1. The zero-order valence-electron chi connectivity index (χ0n) is 11.0. The van der Waals surface area contributed by atoms with E-state index in [2.05, 4.69) is 25.9 Å². The van der Waals surface area contributed by atoms with Gasteiger partial charge in [0, 0.05) is 10.7 Å². The van der Waals surface area contributed by atoms with Crippen LogP contribution in [0.2, 0.25) is 5.02 Å². The molecule has 1 aromatic heterocycles. The summed E-state index contributed by atoms with van der Waals surface area (Å²) in [5.74, 6) is 0.172. The highest BCUT2D eigenvalue weighted by molar-refractivity contribution is 9.10. The molecular formula is C15H16BrClN2O. The maximum atomic E-state index is 10.3. The van der Waals surface area contributed by atoms with Gasteiger partial charge in [-0.1, -0.05) is 30.9 Å². The second-order valence-corrected chi connectivity index (χ2v) is 6.47. The first kappa shape index (κ1) is 14.0. The molecule has 2 aromatic rings. The fraction of sp³-hybridized carbons (Fsp3) is 0.400. The second kappa shape index (κ2) is 5.78. The van der Waals surface area contributed by atoms with Crippen LogP contribution in [0.4, 0.5) is 0 Å². The van der Waals surface area contributed by atoms with Gasteiger partial charge in [-0.25, -0.2) is 0 Å². The van der Waals surface area contributed by atoms with E-state index < -0.39 is 0 Å². The van der Waals surface area contributed by atoms with E-state index in [-0.39, 0.29) is 5.75 Å². The number of hydrogen-bond donors (Lipinski definition) is 2. The largest absolute Gasteiger partial charge is 0.505 e. The van der Waals surface area contributed by atoms with Gasteiger partial charge in [0.1, 0.15) is 0 Å². The lowest BCUT2D eigenvalue weighted by Gasteiger charge is -2.16. The molecule has 0 amide bonds. The minimum Gasteiger partial charge on any atom is -0.505 e. The fourth-order valence-electron chi connectivity index (χ4n) is 2.73. The molecule has 2 N–H and O–H groups in total. The number of nitrogens with one attached hydrogen (secondary N) is 1. The predicted molar refractivity (Wildman–Crippen MR) is 87.1 cm³/mol. The average Bonchev–Trinajstić information content (AvgIpc) is 2.79. The molecular weight excluding hydrogens is 340 g/mol.